The minimum Gasteiger partial charge on any atom is -0.213 e. The highest BCUT2D eigenvalue weighted by atomic mass is 127. The second kappa shape index (κ2) is 4.45. The lowest BCUT2D eigenvalue weighted by molar-refractivity contribution is 0.145. The van der Waals surface area contributed by atoms with Gasteiger partial charge in [0, 0.05) is 5.88 Å². The number of nitrogens with zero attached hydrogens (tertiary/aromatic N) is 1. The molecule has 0 amide bonds. The predicted molar refractivity (Wildman–Crippen MR) is 51.4 cm³/mol. The second-order valence-electron chi connectivity index (χ2n) is 2.25. The minimum absolute atomic E-state index is 0.0469. The molecule has 6 heteroatoms. The van der Waals surface area contributed by atoms with E-state index in [2.05, 4.69) is 4.98 Å². The lowest BCUT2D eigenvalue weighted by atomic mass is 10.2. The Labute approximate surface area is 91.4 Å². The third-order valence-electron chi connectivity index (χ3n) is 1.41. The van der Waals surface area contributed by atoms with Crippen LogP contribution in [0.4, 0.5) is 13.2 Å². The molecule has 0 unspecified atom stereocenters. The molecular formula is C7H4ClF3IN. The molecule has 0 aliphatic rings. The van der Waals surface area contributed by atoms with Gasteiger partial charge in [-0.25, -0.2) is 13.8 Å². The zero-order valence-electron chi connectivity index (χ0n) is 6.20. The van der Waals surface area contributed by atoms with Crippen molar-refractivity contribution in [2.24, 2.45) is 0 Å². The van der Waals surface area contributed by atoms with Gasteiger partial charge >= 0.3 is 0 Å². The Balaban J connectivity index is 3.22. The minimum atomic E-state index is -2.86. The maximum absolute atomic E-state index is 12.8. The van der Waals surface area contributed by atoms with Crippen molar-refractivity contribution >= 4 is 34.2 Å². The summed E-state index contributed by atoms with van der Waals surface area (Å²) in [5.74, 6) is -1.08. The molecule has 72 valence electrons. The third kappa shape index (κ3) is 2.46. The Bertz CT molecular complexity index is 319. The smallest absolute Gasteiger partial charge is 0.213 e. The Morgan fingerprint density at radius 3 is 2.62 bits per heavy atom. The summed E-state index contributed by atoms with van der Waals surface area (Å²) in [6.07, 6.45) is -2.86. The molecule has 0 aliphatic heterocycles. The van der Waals surface area contributed by atoms with E-state index in [4.69, 9.17) is 11.6 Å². The van der Waals surface area contributed by atoms with E-state index in [9.17, 15) is 13.2 Å². The van der Waals surface area contributed by atoms with Crippen LogP contribution in [0.5, 0.6) is 0 Å². The molecule has 0 fully saturated rings. The fourth-order valence-corrected chi connectivity index (χ4v) is 1.76. The Kier molecular flexibility index (Phi) is 3.78. The maximum atomic E-state index is 12.8. The molecule has 1 rings (SSSR count). The molecular weight excluding hydrogens is 317 g/mol. The summed E-state index contributed by atoms with van der Waals surface area (Å²) >= 11 is 7.19. The quantitative estimate of drug-likeness (QED) is 0.461. The molecule has 1 nitrogen and oxygen atoms in total. The largest absolute Gasteiger partial charge is 0.268 e. The van der Waals surface area contributed by atoms with Crippen LogP contribution >= 0.6 is 34.2 Å². The Hall–Kier alpha value is -0.0400. The van der Waals surface area contributed by atoms with Gasteiger partial charge in [-0.1, -0.05) is 0 Å². The fourth-order valence-electron chi connectivity index (χ4n) is 0.776. The van der Waals surface area contributed by atoms with E-state index in [1.807, 2.05) is 0 Å². The first-order valence-corrected chi connectivity index (χ1v) is 4.86. The van der Waals surface area contributed by atoms with Crippen molar-refractivity contribution in [1.82, 2.24) is 4.98 Å². The highest BCUT2D eigenvalue weighted by molar-refractivity contribution is 14.1. The van der Waals surface area contributed by atoms with Crippen molar-refractivity contribution in [3.8, 4) is 0 Å². The van der Waals surface area contributed by atoms with E-state index < -0.39 is 17.9 Å². The van der Waals surface area contributed by atoms with Gasteiger partial charge in [-0.2, -0.15) is 4.39 Å². The highest BCUT2D eigenvalue weighted by Crippen LogP contribution is 2.24. The van der Waals surface area contributed by atoms with Gasteiger partial charge in [0.25, 0.3) is 6.43 Å². The summed E-state index contributed by atoms with van der Waals surface area (Å²) in [5.41, 5.74) is -0.282. The normalized spacial score (nSPS) is 10.9. The first-order chi connectivity index (χ1) is 6.06. The molecule has 13 heavy (non-hydrogen) atoms. The number of halogens is 5. The summed E-state index contributed by atoms with van der Waals surface area (Å²) in [4.78, 5) is 3.32. The summed E-state index contributed by atoms with van der Waals surface area (Å²) in [6.45, 7) is 0. The van der Waals surface area contributed by atoms with Crippen molar-refractivity contribution in [3.05, 3.63) is 26.8 Å². The predicted octanol–water partition coefficient (Wildman–Crippen LogP) is 3.50. The maximum Gasteiger partial charge on any atom is 0.268 e. The standard InChI is InChI=1S/C7H4ClF3IN/c8-2-3-1-4(5(9)10)6(11)13-7(3)12/h1,5H,2H2. The van der Waals surface area contributed by atoms with Crippen LogP contribution in [-0.2, 0) is 5.88 Å². The summed E-state index contributed by atoms with van der Waals surface area (Å²) in [6, 6.07) is 1.04. The van der Waals surface area contributed by atoms with Crippen LogP contribution in [0, 0.1) is 9.65 Å². The zero-order valence-corrected chi connectivity index (χ0v) is 9.11. The van der Waals surface area contributed by atoms with E-state index in [-0.39, 0.29) is 5.88 Å². The molecule has 0 aliphatic carbocycles. The van der Waals surface area contributed by atoms with Crippen LogP contribution in [0.1, 0.15) is 17.6 Å². The number of pyridine rings is 1. The topological polar surface area (TPSA) is 12.9 Å². The zero-order chi connectivity index (χ0) is 10.0. The molecule has 1 heterocycles. The molecule has 0 N–H and O–H groups in total. The lowest BCUT2D eigenvalue weighted by Crippen LogP contribution is -2.00. The van der Waals surface area contributed by atoms with E-state index >= 15 is 0 Å². The van der Waals surface area contributed by atoms with Gasteiger partial charge < -0.3 is 0 Å². The summed E-state index contributed by atoms with van der Waals surface area (Å²) in [7, 11) is 0. The fraction of sp³-hybridized carbons (Fsp3) is 0.286. The van der Waals surface area contributed by atoms with Crippen LogP contribution < -0.4 is 0 Å². The second-order valence-corrected chi connectivity index (χ2v) is 3.54. The van der Waals surface area contributed by atoms with Gasteiger partial charge in [-0.05, 0) is 34.2 Å². The number of hydrogen-bond acceptors (Lipinski definition) is 1. The first-order valence-electron chi connectivity index (χ1n) is 3.25. The average Bonchev–Trinajstić information content (AvgIpc) is 2.03. The lowest BCUT2D eigenvalue weighted by Gasteiger charge is -2.04. The summed E-state index contributed by atoms with van der Waals surface area (Å²) < 4.78 is 37.4. The average molecular weight is 321 g/mol. The summed E-state index contributed by atoms with van der Waals surface area (Å²) in [5, 5.41) is 0. The molecule has 0 aromatic carbocycles. The van der Waals surface area contributed by atoms with Crippen LogP contribution in [-0.4, -0.2) is 4.98 Å². The molecule has 0 saturated heterocycles. The number of alkyl halides is 3. The van der Waals surface area contributed by atoms with Crippen LogP contribution in [0.2, 0.25) is 0 Å². The van der Waals surface area contributed by atoms with Crippen molar-refractivity contribution < 1.29 is 13.2 Å². The van der Waals surface area contributed by atoms with Crippen LogP contribution in [0.25, 0.3) is 0 Å². The van der Waals surface area contributed by atoms with Crippen LogP contribution in [0.3, 0.4) is 0 Å². The highest BCUT2D eigenvalue weighted by Gasteiger charge is 2.17. The van der Waals surface area contributed by atoms with Gasteiger partial charge in [-0.3, -0.25) is 0 Å². The molecule has 0 atom stereocenters. The molecule has 1 aromatic rings. The molecule has 0 saturated carbocycles. The van der Waals surface area contributed by atoms with Gasteiger partial charge in [0.2, 0.25) is 5.95 Å². The van der Waals surface area contributed by atoms with Crippen molar-refractivity contribution in [2.45, 2.75) is 12.3 Å². The Morgan fingerprint density at radius 1 is 1.54 bits per heavy atom. The van der Waals surface area contributed by atoms with Gasteiger partial charge in [0.05, 0.1) is 5.56 Å². The molecule has 0 bridgehead atoms. The number of rotatable bonds is 2. The molecule has 0 spiro atoms. The van der Waals surface area contributed by atoms with E-state index in [1.54, 1.807) is 22.6 Å². The molecule has 1 aromatic heterocycles. The van der Waals surface area contributed by atoms with Gasteiger partial charge in [0.1, 0.15) is 3.70 Å². The van der Waals surface area contributed by atoms with Crippen molar-refractivity contribution in [3.63, 3.8) is 0 Å². The van der Waals surface area contributed by atoms with E-state index in [0.29, 0.717) is 9.26 Å². The number of hydrogen-bond donors (Lipinski definition) is 0. The monoisotopic (exact) mass is 321 g/mol. The molecule has 0 radical (unpaired) electrons. The van der Waals surface area contributed by atoms with E-state index in [1.165, 1.54) is 0 Å². The number of aromatic nitrogens is 1. The first kappa shape index (κ1) is 11.0. The van der Waals surface area contributed by atoms with Crippen molar-refractivity contribution in [2.75, 3.05) is 0 Å². The SMILES string of the molecule is Fc1nc(I)c(CCl)cc1C(F)F. The Morgan fingerprint density at radius 2 is 2.15 bits per heavy atom. The van der Waals surface area contributed by atoms with Crippen LogP contribution in [0.15, 0.2) is 6.07 Å². The third-order valence-corrected chi connectivity index (χ3v) is 2.63. The van der Waals surface area contributed by atoms with Gasteiger partial charge in [0.15, 0.2) is 0 Å². The van der Waals surface area contributed by atoms with Gasteiger partial charge in [-0.15, -0.1) is 11.6 Å². The van der Waals surface area contributed by atoms with Crippen molar-refractivity contribution in [1.29, 1.82) is 0 Å². The van der Waals surface area contributed by atoms with E-state index in [0.717, 1.165) is 6.07 Å².